The molecule has 2 N–H and O–H groups in total. The van der Waals surface area contributed by atoms with Gasteiger partial charge in [0.1, 0.15) is 5.82 Å². The molecule has 8 heteroatoms. The zero-order valence-electron chi connectivity index (χ0n) is 24.4. The van der Waals surface area contributed by atoms with Crippen molar-refractivity contribution in [2.75, 3.05) is 25.0 Å². The first-order valence-corrected chi connectivity index (χ1v) is 14.6. The van der Waals surface area contributed by atoms with Crippen LogP contribution in [0.2, 0.25) is 0 Å². The van der Waals surface area contributed by atoms with Gasteiger partial charge in [-0.15, -0.1) is 0 Å². The Kier molecular flexibility index (Phi) is 8.47. The van der Waals surface area contributed by atoms with Crippen LogP contribution in [0.15, 0.2) is 132 Å². The maximum absolute atomic E-state index is 13.5. The maximum atomic E-state index is 13.5. The number of rotatable bonds is 8. The minimum Gasteiger partial charge on any atom is -0.394 e. The number of aromatic nitrogens is 2. The molecule has 1 aliphatic rings. The van der Waals surface area contributed by atoms with E-state index in [0.717, 1.165) is 16.7 Å². The summed E-state index contributed by atoms with van der Waals surface area (Å²) >= 11 is 0. The summed E-state index contributed by atoms with van der Waals surface area (Å²) in [5.41, 5.74) is 2.91. The fraction of sp³-hybridized carbons (Fsp3) is 0.194. The Bertz CT molecular complexity index is 1670. The highest BCUT2D eigenvalue weighted by Crippen LogP contribution is 2.44. The number of nitrogens with zero attached hydrogens (tertiary/aromatic N) is 3. The van der Waals surface area contributed by atoms with E-state index in [1.807, 2.05) is 60.7 Å². The number of nitrogens with one attached hydrogen (secondary N) is 1. The zero-order chi connectivity index (χ0) is 30.5. The van der Waals surface area contributed by atoms with Crippen LogP contribution < -0.4 is 11.0 Å². The van der Waals surface area contributed by atoms with Gasteiger partial charge >= 0.3 is 5.69 Å². The zero-order valence-corrected chi connectivity index (χ0v) is 24.4. The van der Waals surface area contributed by atoms with Gasteiger partial charge in [0.2, 0.25) is 0 Å². The SMILES string of the molecule is Cc1cn([C@H]2CN(C(c3ccccc3)(c3ccccc3)c3ccccc3)C[C@@H](CO)O2)c(=O)nc1NC(=O)c1ccccc1. The number of benzene rings is 4. The summed E-state index contributed by atoms with van der Waals surface area (Å²) < 4.78 is 7.78. The molecule has 8 nitrogen and oxygen atoms in total. The number of ether oxygens (including phenoxy) is 1. The number of aryl methyl sites for hydroxylation is 1. The van der Waals surface area contributed by atoms with Gasteiger partial charge in [0.15, 0.2) is 6.23 Å². The summed E-state index contributed by atoms with van der Waals surface area (Å²) in [5, 5.41) is 13.2. The Morgan fingerprint density at radius 1 is 0.841 bits per heavy atom. The van der Waals surface area contributed by atoms with E-state index in [-0.39, 0.29) is 18.3 Å². The first kappa shape index (κ1) is 29.2. The van der Waals surface area contributed by atoms with Gasteiger partial charge in [-0.25, -0.2) is 4.79 Å². The molecule has 4 aromatic carbocycles. The second kappa shape index (κ2) is 12.8. The second-order valence-electron chi connectivity index (χ2n) is 10.9. The van der Waals surface area contributed by atoms with Gasteiger partial charge in [-0.2, -0.15) is 4.98 Å². The van der Waals surface area contributed by atoms with E-state index in [0.29, 0.717) is 24.2 Å². The Morgan fingerprint density at radius 2 is 1.34 bits per heavy atom. The quantitative estimate of drug-likeness (QED) is 0.249. The van der Waals surface area contributed by atoms with E-state index in [9.17, 15) is 14.7 Å². The van der Waals surface area contributed by atoms with Crippen molar-refractivity contribution in [2.24, 2.45) is 0 Å². The monoisotopic (exact) mass is 586 g/mol. The molecule has 0 radical (unpaired) electrons. The Morgan fingerprint density at radius 3 is 1.84 bits per heavy atom. The van der Waals surface area contributed by atoms with Crippen LogP contribution in [0, 0.1) is 6.92 Å². The lowest BCUT2D eigenvalue weighted by Gasteiger charge is -2.50. The number of aliphatic hydroxyl groups is 1. The van der Waals surface area contributed by atoms with Crippen LogP contribution in [0.4, 0.5) is 5.82 Å². The van der Waals surface area contributed by atoms with Crippen molar-refractivity contribution in [3.63, 3.8) is 0 Å². The topological polar surface area (TPSA) is 96.7 Å². The third-order valence-corrected chi connectivity index (χ3v) is 8.12. The number of carbonyl (C=O) groups excluding carboxylic acids is 1. The number of hydrogen-bond acceptors (Lipinski definition) is 6. The number of morpholine rings is 1. The van der Waals surface area contributed by atoms with Crippen molar-refractivity contribution in [2.45, 2.75) is 24.8 Å². The normalized spacial score (nSPS) is 17.2. The molecule has 2 heterocycles. The smallest absolute Gasteiger partial charge is 0.351 e. The number of carbonyl (C=O) groups is 1. The van der Waals surface area contributed by atoms with E-state index in [4.69, 9.17) is 4.74 Å². The van der Waals surface area contributed by atoms with E-state index in [1.165, 1.54) is 4.57 Å². The van der Waals surface area contributed by atoms with E-state index >= 15 is 0 Å². The summed E-state index contributed by atoms with van der Waals surface area (Å²) in [6.07, 6.45) is 0.330. The molecule has 1 saturated heterocycles. The van der Waals surface area contributed by atoms with Crippen molar-refractivity contribution >= 4 is 11.7 Å². The number of anilines is 1. The molecular formula is C36H34N4O4. The van der Waals surface area contributed by atoms with Crippen molar-refractivity contribution < 1.29 is 14.6 Å². The van der Waals surface area contributed by atoms with Gasteiger partial charge in [0.25, 0.3) is 5.91 Å². The Hall–Kier alpha value is -4.89. The molecule has 1 aromatic heterocycles. The molecular weight excluding hydrogens is 552 g/mol. The summed E-state index contributed by atoms with van der Waals surface area (Å²) in [5.74, 6) is -0.157. The highest BCUT2D eigenvalue weighted by molar-refractivity contribution is 6.04. The molecule has 1 aliphatic heterocycles. The second-order valence-corrected chi connectivity index (χ2v) is 10.9. The third-order valence-electron chi connectivity index (χ3n) is 8.12. The van der Waals surface area contributed by atoms with Gasteiger partial charge in [-0.05, 0) is 35.7 Å². The summed E-state index contributed by atoms with van der Waals surface area (Å²) in [7, 11) is 0. The summed E-state index contributed by atoms with van der Waals surface area (Å²) in [4.78, 5) is 32.8. The molecule has 222 valence electrons. The van der Waals surface area contributed by atoms with E-state index in [1.54, 1.807) is 37.4 Å². The molecule has 44 heavy (non-hydrogen) atoms. The van der Waals surface area contributed by atoms with Crippen molar-refractivity contribution in [1.29, 1.82) is 0 Å². The lowest BCUT2D eigenvalue weighted by molar-refractivity contribution is -0.151. The molecule has 5 aromatic rings. The van der Waals surface area contributed by atoms with Crippen LogP contribution in [-0.2, 0) is 10.3 Å². The van der Waals surface area contributed by atoms with Gasteiger partial charge in [0, 0.05) is 30.4 Å². The largest absolute Gasteiger partial charge is 0.394 e. The number of amides is 1. The summed E-state index contributed by atoms with van der Waals surface area (Å²) in [6, 6.07) is 39.6. The molecule has 0 spiro atoms. The van der Waals surface area contributed by atoms with Crippen LogP contribution in [0.3, 0.4) is 0 Å². The average molecular weight is 587 g/mol. The molecule has 6 rings (SSSR count). The first-order chi connectivity index (χ1) is 21.5. The van der Waals surface area contributed by atoms with Crippen LogP contribution in [-0.4, -0.2) is 51.3 Å². The average Bonchev–Trinajstić information content (AvgIpc) is 3.08. The standard InChI is InChI=1S/C36H34N4O4/c1-26-22-40(35(43)38-33(26)37-34(42)27-14-6-2-7-15-27)32-24-39(23-31(25-41)44-32)36(28-16-8-3-9-17-28,29-18-10-4-11-19-29)30-20-12-5-13-21-30/h2-22,31-32,41H,23-25H2,1H3,(H,37,38,42,43)/t31-,32+/m0/s1. The van der Waals surface area contributed by atoms with Crippen LogP contribution in [0.5, 0.6) is 0 Å². The summed E-state index contributed by atoms with van der Waals surface area (Å²) in [6.45, 7) is 2.30. The highest BCUT2D eigenvalue weighted by atomic mass is 16.5. The highest BCUT2D eigenvalue weighted by Gasteiger charge is 2.46. The number of hydrogen-bond donors (Lipinski definition) is 2. The molecule has 1 amide bonds. The van der Waals surface area contributed by atoms with E-state index < -0.39 is 23.6 Å². The van der Waals surface area contributed by atoms with E-state index in [2.05, 4.69) is 51.6 Å². The number of aliphatic hydroxyl groups excluding tert-OH is 1. The minimum atomic E-state index is -0.756. The van der Waals surface area contributed by atoms with Crippen molar-refractivity contribution in [3.8, 4) is 0 Å². The van der Waals surface area contributed by atoms with Crippen LogP contribution >= 0.6 is 0 Å². The lowest BCUT2D eigenvalue weighted by atomic mass is 9.75. The van der Waals surface area contributed by atoms with Gasteiger partial charge in [0.05, 0.1) is 18.2 Å². The molecule has 0 saturated carbocycles. The molecule has 0 unspecified atom stereocenters. The maximum Gasteiger partial charge on any atom is 0.351 e. The fourth-order valence-electron chi connectivity index (χ4n) is 6.10. The predicted octanol–water partition coefficient (Wildman–Crippen LogP) is 4.99. The first-order valence-electron chi connectivity index (χ1n) is 14.6. The van der Waals surface area contributed by atoms with Gasteiger partial charge in [-0.1, -0.05) is 109 Å². The minimum absolute atomic E-state index is 0.193. The van der Waals surface area contributed by atoms with Crippen LogP contribution in [0.25, 0.3) is 0 Å². The van der Waals surface area contributed by atoms with Crippen molar-refractivity contribution in [3.05, 3.63) is 166 Å². The van der Waals surface area contributed by atoms with Gasteiger partial charge in [-0.3, -0.25) is 14.3 Å². The molecule has 0 bridgehead atoms. The fourth-order valence-corrected chi connectivity index (χ4v) is 6.10. The Balaban J connectivity index is 1.43. The van der Waals surface area contributed by atoms with Crippen molar-refractivity contribution in [1.82, 2.24) is 14.5 Å². The van der Waals surface area contributed by atoms with Crippen LogP contribution in [0.1, 0.15) is 38.8 Å². The molecule has 0 aliphatic carbocycles. The lowest BCUT2D eigenvalue weighted by Crippen LogP contribution is -2.58. The third kappa shape index (κ3) is 5.58. The molecule has 2 atom stereocenters. The van der Waals surface area contributed by atoms with Gasteiger partial charge < -0.3 is 15.2 Å². The Labute approximate surface area is 256 Å². The molecule has 1 fully saturated rings. The predicted molar refractivity (Wildman–Crippen MR) is 169 cm³/mol.